The fourth-order valence-electron chi connectivity index (χ4n) is 2.94. The van der Waals surface area contributed by atoms with E-state index in [-0.39, 0.29) is 16.6 Å². The van der Waals surface area contributed by atoms with Crippen LogP contribution in [0.25, 0.3) is 0 Å². The van der Waals surface area contributed by atoms with Crippen LogP contribution in [0.3, 0.4) is 0 Å². The minimum Gasteiger partial charge on any atom is -0.303 e. The Hall–Kier alpha value is -1.51. The Balaban J connectivity index is 1.99. The molecule has 0 saturated carbocycles. The molecule has 1 aromatic rings. The first-order valence-electron chi connectivity index (χ1n) is 8.33. The largest absolute Gasteiger partial charge is 0.303 e. The van der Waals surface area contributed by atoms with Gasteiger partial charge < -0.3 is 4.90 Å². The molecule has 24 heavy (non-hydrogen) atoms. The van der Waals surface area contributed by atoms with Crippen LogP contribution in [0.2, 0.25) is 0 Å². The maximum absolute atomic E-state index is 12.5. The normalized spacial score (nSPS) is 17.1. The van der Waals surface area contributed by atoms with E-state index in [4.69, 9.17) is 0 Å². The average Bonchev–Trinajstić information content (AvgIpc) is 2.53. The van der Waals surface area contributed by atoms with E-state index in [0.717, 1.165) is 38.9 Å². The minimum atomic E-state index is -3.65. The van der Waals surface area contributed by atoms with Crippen LogP contribution < -0.4 is 4.72 Å². The molecule has 0 radical (unpaired) electrons. The van der Waals surface area contributed by atoms with Gasteiger partial charge in [0.05, 0.1) is 9.82 Å². The molecule has 0 amide bonds. The molecule has 7 nitrogen and oxygen atoms in total. The van der Waals surface area contributed by atoms with E-state index < -0.39 is 14.9 Å². The number of rotatable bonds is 7. The molecule has 1 heterocycles. The van der Waals surface area contributed by atoms with Gasteiger partial charge in [-0.1, -0.05) is 13.3 Å². The second-order valence-electron chi connectivity index (χ2n) is 6.30. The zero-order valence-corrected chi connectivity index (χ0v) is 15.0. The van der Waals surface area contributed by atoms with Crippen LogP contribution in [0.15, 0.2) is 23.1 Å². The lowest BCUT2D eigenvalue weighted by atomic mass is 10.1. The number of piperidine rings is 1. The van der Waals surface area contributed by atoms with Gasteiger partial charge in [0.1, 0.15) is 0 Å². The lowest BCUT2D eigenvalue weighted by Crippen LogP contribution is -2.44. The lowest BCUT2D eigenvalue weighted by molar-refractivity contribution is -0.385. The predicted octanol–water partition coefficient (Wildman–Crippen LogP) is 2.45. The summed E-state index contributed by atoms with van der Waals surface area (Å²) in [4.78, 5) is 12.8. The number of nitrogens with zero attached hydrogens (tertiary/aromatic N) is 2. The molecule has 0 spiro atoms. The molecule has 8 heteroatoms. The third-order valence-corrected chi connectivity index (χ3v) is 5.93. The van der Waals surface area contributed by atoms with Crippen molar-refractivity contribution in [2.75, 3.05) is 19.6 Å². The van der Waals surface area contributed by atoms with Crippen molar-refractivity contribution in [3.05, 3.63) is 33.9 Å². The van der Waals surface area contributed by atoms with Crippen molar-refractivity contribution in [3.8, 4) is 0 Å². The van der Waals surface area contributed by atoms with Gasteiger partial charge in [0.2, 0.25) is 10.0 Å². The molecule has 1 aliphatic heterocycles. The first-order chi connectivity index (χ1) is 11.3. The van der Waals surface area contributed by atoms with Crippen molar-refractivity contribution in [2.45, 2.75) is 50.5 Å². The second-order valence-corrected chi connectivity index (χ2v) is 8.01. The molecule has 0 aromatic heterocycles. The van der Waals surface area contributed by atoms with Gasteiger partial charge in [0.15, 0.2) is 0 Å². The molecule has 1 aromatic carbocycles. The molecular formula is C16H25N3O4S. The van der Waals surface area contributed by atoms with Gasteiger partial charge in [-0.15, -0.1) is 0 Å². The molecule has 0 bridgehead atoms. The van der Waals surface area contributed by atoms with Crippen LogP contribution in [-0.2, 0) is 10.0 Å². The number of likely N-dealkylation sites (tertiary alicyclic amines) is 1. The molecule has 2 rings (SSSR count). The van der Waals surface area contributed by atoms with Crippen LogP contribution in [0, 0.1) is 17.0 Å². The topological polar surface area (TPSA) is 92.6 Å². The Morgan fingerprint density at radius 3 is 2.54 bits per heavy atom. The van der Waals surface area contributed by atoms with Crippen LogP contribution in [0.4, 0.5) is 5.69 Å². The quantitative estimate of drug-likeness (QED) is 0.599. The summed E-state index contributed by atoms with van der Waals surface area (Å²) in [6, 6.07) is 3.82. The number of sulfonamides is 1. The molecular weight excluding hydrogens is 330 g/mol. The van der Waals surface area contributed by atoms with E-state index in [1.807, 2.05) is 0 Å². The number of hydrogen-bond donors (Lipinski definition) is 1. The number of nitrogens with one attached hydrogen (secondary N) is 1. The van der Waals surface area contributed by atoms with Crippen LogP contribution in [-0.4, -0.2) is 43.9 Å². The molecule has 1 aliphatic rings. The van der Waals surface area contributed by atoms with Gasteiger partial charge >= 0.3 is 0 Å². The molecule has 0 aliphatic carbocycles. The molecule has 0 unspecified atom stereocenters. The Kier molecular flexibility index (Phi) is 6.31. The van der Waals surface area contributed by atoms with Gasteiger partial charge in [-0.3, -0.25) is 10.1 Å². The Morgan fingerprint density at radius 2 is 2.00 bits per heavy atom. The maximum atomic E-state index is 12.5. The van der Waals surface area contributed by atoms with Crippen molar-refractivity contribution >= 4 is 15.7 Å². The summed E-state index contributed by atoms with van der Waals surface area (Å²) in [5, 5.41) is 10.8. The summed E-state index contributed by atoms with van der Waals surface area (Å²) in [7, 11) is -3.65. The lowest BCUT2D eigenvalue weighted by Gasteiger charge is -2.32. The van der Waals surface area contributed by atoms with Crippen LogP contribution >= 0.6 is 0 Å². The summed E-state index contributed by atoms with van der Waals surface area (Å²) in [6.07, 6.45) is 3.90. The zero-order chi connectivity index (χ0) is 17.7. The monoisotopic (exact) mass is 355 g/mol. The maximum Gasteiger partial charge on any atom is 0.272 e. The summed E-state index contributed by atoms with van der Waals surface area (Å²) < 4.78 is 27.7. The SMILES string of the molecule is CCCCN1CCC(NS(=O)(=O)c2ccc([N+](=O)[O-])c(C)c2)CC1. The fraction of sp³-hybridized carbons (Fsp3) is 0.625. The van der Waals surface area contributed by atoms with Gasteiger partial charge in [-0.2, -0.15) is 0 Å². The van der Waals surface area contributed by atoms with Crippen molar-refractivity contribution in [3.63, 3.8) is 0 Å². The minimum absolute atomic E-state index is 0.0711. The summed E-state index contributed by atoms with van der Waals surface area (Å²) in [6.45, 7) is 6.56. The molecule has 1 fully saturated rings. The first kappa shape index (κ1) is 18.8. The van der Waals surface area contributed by atoms with E-state index in [2.05, 4.69) is 16.5 Å². The highest BCUT2D eigenvalue weighted by atomic mass is 32.2. The Labute approximate surface area is 143 Å². The summed E-state index contributed by atoms with van der Waals surface area (Å²) >= 11 is 0. The van der Waals surface area contributed by atoms with Crippen LogP contribution in [0.1, 0.15) is 38.2 Å². The first-order valence-corrected chi connectivity index (χ1v) is 9.81. The zero-order valence-electron chi connectivity index (χ0n) is 14.2. The van der Waals surface area contributed by atoms with E-state index in [1.165, 1.54) is 24.6 Å². The van der Waals surface area contributed by atoms with E-state index in [1.54, 1.807) is 6.92 Å². The third-order valence-electron chi connectivity index (χ3n) is 4.41. The highest BCUT2D eigenvalue weighted by Gasteiger charge is 2.25. The fourth-order valence-corrected chi connectivity index (χ4v) is 4.33. The highest BCUT2D eigenvalue weighted by Crippen LogP contribution is 2.22. The molecule has 1 N–H and O–H groups in total. The van der Waals surface area contributed by atoms with Crippen molar-refractivity contribution in [1.29, 1.82) is 0 Å². The van der Waals surface area contributed by atoms with Crippen LogP contribution in [0.5, 0.6) is 0 Å². The standard InChI is InChI=1S/C16H25N3O4S/c1-3-4-9-18-10-7-14(8-11-18)17-24(22,23)15-5-6-16(19(20)21)13(2)12-15/h5-6,12,14,17H,3-4,7-11H2,1-2H3. The predicted molar refractivity (Wildman–Crippen MR) is 92.5 cm³/mol. The van der Waals surface area contributed by atoms with E-state index >= 15 is 0 Å². The molecule has 134 valence electrons. The number of hydrogen-bond acceptors (Lipinski definition) is 5. The number of nitro groups is 1. The smallest absolute Gasteiger partial charge is 0.272 e. The average molecular weight is 355 g/mol. The molecule has 1 saturated heterocycles. The van der Waals surface area contributed by atoms with E-state index in [0.29, 0.717) is 5.56 Å². The van der Waals surface area contributed by atoms with Crippen molar-refractivity contribution < 1.29 is 13.3 Å². The van der Waals surface area contributed by atoms with Gasteiger partial charge in [0, 0.05) is 17.7 Å². The van der Waals surface area contributed by atoms with E-state index in [9.17, 15) is 18.5 Å². The number of aryl methyl sites for hydroxylation is 1. The van der Waals surface area contributed by atoms with Crippen molar-refractivity contribution in [2.24, 2.45) is 0 Å². The molecule has 0 atom stereocenters. The Bertz CT molecular complexity index is 683. The third kappa shape index (κ3) is 4.75. The summed E-state index contributed by atoms with van der Waals surface area (Å²) in [5.74, 6) is 0. The number of unbranched alkanes of at least 4 members (excludes halogenated alkanes) is 1. The second kappa shape index (κ2) is 8.04. The van der Waals surface area contributed by atoms with Gasteiger partial charge in [0.25, 0.3) is 5.69 Å². The number of nitro benzene ring substituents is 1. The number of benzene rings is 1. The van der Waals surface area contributed by atoms with Gasteiger partial charge in [-0.05, 0) is 58.0 Å². The Morgan fingerprint density at radius 1 is 1.33 bits per heavy atom. The van der Waals surface area contributed by atoms with Gasteiger partial charge in [-0.25, -0.2) is 13.1 Å². The highest BCUT2D eigenvalue weighted by molar-refractivity contribution is 7.89. The van der Waals surface area contributed by atoms with Crippen molar-refractivity contribution in [1.82, 2.24) is 9.62 Å². The summed E-state index contributed by atoms with van der Waals surface area (Å²) in [5.41, 5.74) is 0.274.